The minimum atomic E-state index is 0.536. The van der Waals surface area contributed by atoms with Gasteiger partial charge >= 0.3 is 0 Å². The van der Waals surface area contributed by atoms with Crippen LogP contribution in [0, 0.1) is 0 Å². The Morgan fingerprint density at radius 2 is 1.84 bits per heavy atom. The minimum absolute atomic E-state index is 0.536. The van der Waals surface area contributed by atoms with Crippen LogP contribution in [0.4, 0.5) is 0 Å². The molecule has 1 aromatic carbocycles. The highest BCUT2D eigenvalue weighted by atomic mass is 15.3. The van der Waals surface area contributed by atoms with Crippen molar-refractivity contribution in [3.8, 4) is 0 Å². The first kappa shape index (κ1) is 14.5. The highest BCUT2D eigenvalue weighted by Crippen LogP contribution is 2.28. The number of rotatable bonds is 5. The number of benzene rings is 1. The van der Waals surface area contributed by atoms with Crippen LogP contribution in [0.2, 0.25) is 0 Å². The Morgan fingerprint density at radius 3 is 2.42 bits per heavy atom. The van der Waals surface area contributed by atoms with E-state index in [0.717, 1.165) is 6.54 Å². The number of nitrogens with one attached hydrogen (secondary N) is 1. The molecule has 2 heteroatoms. The lowest BCUT2D eigenvalue weighted by molar-refractivity contribution is 0.0750. The van der Waals surface area contributed by atoms with Gasteiger partial charge in [0.1, 0.15) is 0 Å². The largest absolute Gasteiger partial charge is 0.311 e. The van der Waals surface area contributed by atoms with Crippen LogP contribution in [0.3, 0.4) is 0 Å². The molecule has 1 heterocycles. The van der Waals surface area contributed by atoms with Crippen LogP contribution in [-0.2, 0) is 0 Å². The maximum atomic E-state index is 3.71. The summed E-state index contributed by atoms with van der Waals surface area (Å²) in [6.07, 6.45) is 3.71. The van der Waals surface area contributed by atoms with Crippen molar-refractivity contribution in [3.05, 3.63) is 35.9 Å². The third-order valence-electron chi connectivity index (χ3n) is 4.52. The Balaban J connectivity index is 2.19. The summed E-state index contributed by atoms with van der Waals surface area (Å²) in [4.78, 5) is 2.74. The van der Waals surface area contributed by atoms with E-state index in [2.05, 4.69) is 61.3 Å². The molecular weight excluding hydrogens is 232 g/mol. The first-order valence-electron chi connectivity index (χ1n) is 7.84. The monoisotopic (exact) mass is 260 g/mol. The Bertz CT molecular complexity index is 359. The van der Waals surface area contributed by atoms with Crippen LogP contribution in [0.15, 0.2) is 30.3 Å². The smallest absolute Gasteiger partial charge is 0.0476 e. The van der Waals surface area contributed by atoms with Crippen molar-refractivity contribution < 1.29 is 0 Å². The Morgan fingerprint density at radius 1 is 1.16 bits per heavy atom. The summed E-state index contributed by atoms with van der Waals surface area (Å²) in [5, 5.41) is 3.71. The Labute approximate surface area is 118 Å². The van der Waals surface area contributed by atoms with Crippen LogP contribution in [0.5, 0.6) is 0 Å². The van der Waals surface area contributed by atoms with E-state index in [1.807, 2.05) is 0 Å². The first-order chi connectivity index (χ1) is 9.30. The molecule has 2 nitrogen and oxygen atoms in total. The van der Waals surface area contributed by atoms with Crippen LogP contribution >= 0.6 is 0 Å². The fourth-order valence-corrected chi connectivity index (χ4v) is 3.26. The summed E-state index contributed by atoms with van der Waals surface area (Å²) in [6, 6.07) is 12.9. The van der Waals surface area contributed by atoms with Gasteiger partial charge in [-0.3, -0.25) is 4.90 Å². The minimum Gasteiger partial charge on any atom is -0.311 e. The fraction of sp³-hybridized carbons (Fsp3) is 0.647. The van der Waals surface area contributed by atoms with Crippen LogP contribution in [-0.4, -0.2) is 30.1 Å². The molecule has 2 rings (SSSR count). The second-order valence-electron chi connectivity index (χ2n) is 5.61. The standard InChI is InChI=1S/C17H28N2/c1-4-15-13-19(16(5-2)6-3)17(12-18-15)14-10-8-7-9-11-14/h7-11,15-18H,4-6,12-13H2,1-3H3. The molecule has 0 bridgehead atoms. The molecule has 2 atom stereocenters. The molecule has 1 aromatic rings. The van der Waals surface area contributed by atoms with Gasteiger partial charge in [0.15, 0.2) is 0 Å². The van der Waals surface area contributed by atoms with Crippen molar-refractivity contribution >= 4 is 0 Å². The van der Waals surface area contributed by atoms with Crippen molar-refractivity contribution in [2.24, 2.45) is 0 Å². The van der Waals surface area contributed by atoms with E-state index in [-0.39, 0.29) is 0 Å². The highest BCUT2D eigenvalue weighted by molar-refractivity contribution is 5.20. The predicted molar refractivity (Wildman–Crippen MR) is 82.3 cm³/mol. The second-order valence-corrected chi connectivity index (χ2v) is 5.61. The van der Waals surface area contributed by atoms with Gasteiger partial charge in [-0.2, -0.15) is 0 Å². The van der Waals surface area contributed by atoms with E-state index in [4.69, 9.17) is 0 Å². The number of nitrogens with zero attached hydrogens (tertiary/aromatic N) is 1. The third-order valence-corrected chi connectivity index (χ3v) is 4.52. The lowest BCUT2D eigenvalue weighted by Gasteiger charge is -2.44. The maximum Gasteiger partial charge on any atom is 0.0476 e. The zero-order valence-corrected chi connectivity index (χ0v) is 12.6. The molecular formula is C17H28N2. The second kappa shape index (κ2) is 7.06. The molecule has 0 spiro atoms. The topological polar surface area (TPSA) is 15.3 Å². The summed E-state index contributed by atoms with van der Waals surface area (Å²) < 4.78 is 0. The summed E-state index contributed by atoms with van der Waals surface area (Å²) in [6.45, 7) is 9.19. The van der Waals surface area contributed by atoms with Gasteiger partial charge in [0.05, 0.1) is 0 Å². The van der Waals surface area contributed by atoms with Gasteiger partial charge in [0.25, 0.3) is 0 Å². The molecule has 1 saturated heterocycles. The zero-order chi connectivity index (χ0) is 13.7. The van der Waals surface area contributed by atoms with Gasteiger partial charge in [-0.25, -0.2) is 0 Å². The van der Waals surface area contributed by atoms with Crippen LogP contribution in [0.1, 0.15) is 51.6 Å². The van der Waals surface area contributed by atoms with Crippen LogP contribution in [0.25, 0.3) is 0 Å². The number of hydrogen-bond acceptors (Lipinski definition) is 2. The van der Waals surface area contributed by atoms with E-state index >= 15 is 0 Å². The van der Waals surface area contributed by atoms with Crippen molar-refractivity contribution in [3.63, 3.8) is 0 Å². The molecule has 0 saturated carbocycles. The van der Waals surface area contributed by atoms with Crippen molar-refractivity contribution in [2.75, 3.05) is 13.1 Å². The molecule has 1 fully saturated rings. The number of hydrogen-bond donors (Lipinski definition) is 1. The van der Waals surface area contributed by atoms with E-state index in [1.165, 1.54) is 31.4 Å². The van der Waals surface area contributed by atoms with Crippen molar-refractivity contribution in [2.45, 2.75) is 58.2 Å². The number of piperazine rings is 1. The lowest BCUT2D eigenvalue weighted by atomic mass is 9.96. The molecule has 0 aliphatic carbocycles. The molecule has 0 aromatic heterocycles. The summed E-state index contributed by atoms with van der Waals surface area (Å²) in [7, 11) is 0. The molecule has 0 amide bonds. The van der Waals surface area contributed by atoms with E-state index in [9.17, 15) is 0 Å². The molecule has 0 radical (unpaired) electrons. The zero-order valence-electron chi connectivity index (χ0n) is 12.6. The van der Waals surface area contributed by atoms with Gasteiger partial charge in [-0.15, -0.1) is 0 Å². The molecule has 1 aliphatic heterocycles. The predicted octanol–water partition coefficient (Wildman–Crippen LogP) is 3.60. The normalized spacial score (nSPS) is 24.8. The Kier molecular flexibility index (Phi) is 5.41. The van der Waals surface area contributed by atoms with Crippen LogP contribution < -0.4 is 5.32 Å². The summed E-state index contributed by atoms with van der Waals surface area (Å²) in [5.41, 5.74) is 1.46. The Hall–Kier alpha value is -0.860. The lowest BCUT2D eigenvalue weighted by Crippen LogP contribution is -2.55. The maximum absolute atomic E-state index is 3.71. The fourth-order valence-electron chi connectivity index (χ4n) is 3.26. The van der Waals surface area contributed by atoms with Crippen molar-refractivity contribution in [1.29, 1.82) is 0 Å². The van der Waals surface area contributed by atoms with Gasteiger partial charge in [0, 0.05) is 31.2 Å². The quantitative estimate of drug-likeness (QED) is 0.870. The average Bonchev–Trinajstić information content (AvgIpc) is 2.49. The van der Waals surface area contributed by atoms with E-state index < -0.39 is 0 Å². The molecule has 1 aliphatic rings. The molecule has 19 heavy (non-hydrogen) atoms. The SMILES string of the molecule is CCC1CN(C(CC)CC)C(c2ccccc2)CN1. The third kappa shape index (κ3) is 3.37. The summed E-state index contributed by atoms with van der Waals surface area (Å²) >= 11 is 0. The van der Waals surface area contributed by atoms with Crippen molar-refractivity contribution in [1.82, 2.24) is 10.2 Å². The average molecular weight is 260 g/mol. The van der Waals surface area contributed by atoms with E-state index in [1.54, 1.807) is 0 Å². The molecule has 2 unspecified atom stereocenters. The van der Waals surface area contributed by atoms with E-state index in [0.29, 0.717) is 18.1 Å². The molecule has 106 valence electrons. The van der Waals surface area contributed by atoms with Gasteiger partial charge in [-0.05, 0) is 24.8 Å². The molecule has 1 N–H and O–H groups in total. The first-order valence-corrected chi connectivity index (χ1v) is 7.84. The van der Waals surface area contributed by atoms with Gasteiger partial charge < -0.3 is 5.32 Å². The van der Waals surface area contributed by atoms with Gasteiger partial charge in [-0.1, -0.05) is 51.1 Å². The van der Waals surface area contributed by atoms with Gasteiger partial charge in [0.2, 0.25) is 0 Å². The highest BCUT2D eigenvalue weighted by Gasteiger charge is 2.31. The summed E-state index contributed by atoms with van der Waals surface area (Å²) in [5.74, 6) is 0.